The molecule has 1 heterocycles. The van der Waals surface area contributed by atoms with E-state index in [-0.39, 0.29) is 30.3 Å². The summed E-state index contributed by atoms with van der Waals surface area (Å²) in [4.78, 5) is 26.0. The smallest absolute Gasteiger partial charge is 0.303 e. The van der Waals surface area contributed by atoms with Crippen LogP contribution in [0.25, 0.3) is 11.1 Å². The van der Waals surface area contributed by atoms with Gasteiger partial charge in [-0.2, -0.15) is 0 Å². The largest absolute Gasteiger partial charge is 0.506 e. The molecule has 0 bridgehead atoms. The van der Waals surface area contributed by atoms with Crippen LogP contribution in [0.3, 0.4) is 0 Å². The van der Waals surface area contributed by atoms with Crippen molar-refractivity contribution in [1.29, 1.82) is 0 Å². The number of benzene rings is 1. The lowest BCUT2D eigenvalue weighted by atomic mass is 10.1. The normalized spacial score (nSPS) is 11.0. The predicted molar refractivity (Wildman–Crippen MR) is 72.5 cm³/mol. The Balaban J connectivity index is 2.36. The molecule has 0 unspecified atom stereocenters. The number of Topliss-reactive ketones (excluding diaryl/α,β-unsaturated/α-hetero) is 1. The number of ketones is 1. The standard InChI is InChI=1S/C15H12FNO4/c16-11-3-1-2-9(6-11)10-7-13(19)15(17-8-10)12(18)4-5-14(20)21/h1-3,6-8,19H,4-5H2,(H,20,21)/i8D. The SMILES string of the molecule is [2H]c1nc(C(=O)CCC(=O)O)c(O)cc1-c1cccc(F)c1. The monoisotopic (exact) mass is 290 g/mol. The minimum Gasteiger partial charge on any atom is -0.506 e. The topological polar surface area (TPSA) is 87.5 Å². The maximum atomic E-state index is 13.2. The molecule has 0 spiro atoms. The lowest BCUT2D eigenvalue weighted by molar-refractivity contribution is -0.136. The van der Waals surface area contributed by atoms with Crippen LogP contribution < -0.4 is 0 Å². The number of nitrogens with zero attached hydrogens (tertiary/aromatic N) is 1. The van der Waals surface area contributed by atoms with E-state index in [4.69, 9.17) is 6.48 Å². The summed E-state index contributed by atoms with van der Waals surface area (Å²) in [6.07, 6.45) is -1.02. The third-order valence-electron chi connectivity index (χ3n) is 2.78. The van der Waals surface area contributed by atoms with Gasteiger partial charge in [0.25, 0.3) is 0 Å². The maximum Gasteiger partial charge on any atom is 0.303 e. The molecule has 1 aromatic heterocycles. The Morgan fingerprint density at radius 1 is 1.24 bits per heavy atom. The highest BCUT2D eigenvalue weighted by molar-refractivity contribution is 5.98. The molecule has 0 aliphatic heterocycles. The van der Waals surface area contributed by atoms with Gasteiger partial charge in [0.2, 0.25) is 0 Å². The molecule has 6 heteroatoms. The lowest BCUT2D eigenvalue weighted by Crippen LogP contribution is -2.06. The second kappa shape index (κ2) is 6.13. The van der Waals surface area contributed by atoms with Crippen molar-refractivity contribution in [2.75, 3.05) is 0 Å². The van der Waals surface area contributed by atoms with E-state index >= 15 is 0 Å². The van der Waals surface area contributed by atoms with Crippen LogP contribution in [0.5, 0.6) is 5.75 Å². The predicted octanol–water partition coefficient (Wildman–Crippen LogP) is 2.64. The first-order chi connectivity index (χ1) is 10.4. The summed E-state index contributed by atoms with van der Waals surface area (Å²) in [5, 5.41) is 18.4. The molecule has 0 saturated heterocycles. The fraction of sp³-hybridized carbons (Fsp3) is 0.133. The van der Waals surface area contributed by atoms with Gasteiger partial charge in [0.15, 0.2) is 5.78 Å². The number of aromatic nitrogens is 1. The maximum absolute atomic E-state index is 13.2. The van der Waals surface area contributed by atoms with Crippen LogP contribution in [-0.4, -0.2) is 26.9 Å². The lowest BCUT2D eigenvalue weighted by Gasteiger charge is -2.06. The van der Waals surface area contributed by atoms with Crippen molar-refractivity contribution < 1.29 is 25.6 Å². The summed E-state index contributed by atoms with van der Waals surface area (Å²) in [5.74, 6) is -2.78. The summed E-state index contributed by atoms with van der Waals surface area (Å²) < 4.78 is 21.0. The van der Waals surface area contributed by atoms with E-state index in [2.05, 4.69) is 4.98 Å². The number of pyridine rings is 1. The number of carbonyl (C=O) groups excluding carboxylic acids is 1. The van der Waals surface area contributed by atoms with Gasteiger partial charge in [-0.05, 0) is 23.8 Å². The number of carbonyl (C=O) groups is 2. The Kier molecular flexibility index (Phi) is 3.86. The molecule has 2 N–H and O–H groups in total. The summed E-state index contributed by atoms with van der Waals surface area (Å²) in [6.45, 7) is 0. The highest BCUT2D eigenvalue weighted by atomic mass is 19.1. The fourth-order valence-corrected chi connectivity index (χ4v) is 1.76. The van der Waals surface area contributed by atoms with E-state index in [9.17, 15) is 19.1 Å². The summed E-state index contributed by atoms with van der Waals surface area (Å²) in [5.41, 5.74) is 0.163. The van der Waals surface area contributed by atoms with E-state index in [1.807, 2.05) is 0 Å². The van der Waals surface area contributed by atoms with Crippen LogP contribution >= 0.6 is 0 Å². The van der Waals surface area contributed by atoms with Crippen molar-refractivity contribution in [2.45, 2.75) is 12.8 Å². The molecule has 1 aromatic carbocycles. The Labute approximate surface area is 121 Å². The van der Waals surface area contributed by atoms with Crippen LogP contribution in [-0.2, 0) is 4.79 Å². The first kappa shape index (κ1) is 13.2. The van der Waals surface area contributed by atoms with Gasteiger partial charge in [-0.3, -0.25) is 9.59 Å². The van der Waals surface area contributed by atoms with Crippen LogP contribution in [0.1, 0.15) is 24.7 Å². The van der Waals surface area contributed by atoms with Crippen molar-refractivity contribution in [3.8, 4) is 16.9 Å². The van der Waals surface area contributed by atoms with E-state index in [0.717, 1.165) is 6.07 Å². The number of aromatic hydroxyl groups is 1. The molecular weight excluding hydrogens is 277 g/mol. The van der Waals surface area contributed by atoms with Gasteiger partial charge >= 0.3 is 5.97 Å². The Morgan fingerprint density at radius 3 is 2.67 bits per heavy atom. The zero-order valence-electron chi connectivity index (χ0n) is 11.8. The first-order valence-corrected chi connectivity index (χ1v) is 6.10. The van der Waals surface area contributed by atoms with Gasteiger partial charge in [0, 0.05) is 18.2 Å². The van der Waals surface area contributed by atoms with Gasteiger partial charge in [-0.1, -0.05) is 12.1 Å². The molecule has 0 aliphatic carbocycles. The molecule has 5 nitrogen and oxygen atoms in total. The van der Waals surface area contributed by atoms with Crippen LogP contribution in [0.4, 0.5) is 4.39 Å². The van der Waals surface area contributed by atoms with E-state index < -0.39 is 23.3 Å². The zero-order chi connectivity index (χ0) is 16.3. The molecule has 2 rings (SSSR count). The molecule has 0 fully saturated rings. The number of aliphatic carboxylic acids is 1. The Morgan fingerprint density at radius 2 is 2.00 bits per heavy atom. The first-order valence-electron chi connectivity index (χ1n) is 6.60. The summed E-state index contributed by atoms with van der Waals surface area (Å²) in [6, 6.07) is 6.57. The highest BCUT2D eigenvalue weighted by Crippen LogP contribution is 2.26. The van der Waals surface area contributed by atoms with E-state index in [1.165, 1.54) is 18.2 Å². The molecular formula is C15H12FNO4. The number of hydrogen-bond donors (Lipinski definition) is 2. The van der Waals surface area contributed by atoms with Crippen LogP contribution in [0.15, 0.2) is 36.5 Å². The second-order valence-electron chi connectivity index (χ2n) is 4.34. The molecule has 0 saturated carbocycles. The van der Waals surface area contributed by atoms with Crippen LogP contribution in [0.2, 0.25) is 0 Å². The van der Waals surface area contributed by atoms with Gasteiger partial charge < -0.3 is 10.2 Å². The molecule has 0 amide bonds. The van der Waals surface area contributed by atoms with Gasteiger partial charge in [0.1, 0.15) is 17.3 Å². The summed E-state index contributed by atoms with van der Waals surface area (Å²) >= 11 is 0. The van der Waals surface area contributed by atoms with Crippen molar-refractivity contribution in [1.82, 2.24) is 4.98 Å². The Hall–Kier alpha value is -2.76. The number of halogens is 1. The molecule has 108 valence electrons. The summed E-state index contributed by atoms with van der Waals surface area (Å²) in [7, 11) is 0. The zero-order valence-corrected chi connectivity index (χ0v) is 10.8. The minimum atomic E-state index is -1.14. The third kappa shape index (κ3) is 3.62. The number of carboxylic acids is 1. The molecule has 21 heavy (non-hydrogen) atoms. The molecule has 0 radical (unpaired) electrons. The average molecular weight is 290 g/mol. The van der Waals surface area contributed by atoms with Gasteiger partial charge in [0.05, 0.1) is 7.79 Å². The third-order valence-corrected chi connectivity index (χ3v) is 2.78. The average Bonchev–Trinajstić information content (AvgIpc) is 2.46. The van der Waals surface area contributed by atoms with Crippen LogP contribution in [0, 0.1) is 5.82 Å². The van der Waals surface area contributed by atoms with Crippen molar-refractivity contribution in [2.24, 2.45) is 0 Å². The van der Waals surface area contributed by atoms with E-state index in [1.54, 1.807) is 6.07 Å². The van der Waals surface area contributed by atoms with Crippen molar-refractivity contribution >= 4 is 11.8 Å². The number of rotatable bonds is 5. The second-order valence-corrected chi connectivity index (χ2v) is 4.34. The van der Waals surface area contributed by atoms with Crippen molar-refractivity contribution in [3.05, 3.63) is 48.0 Å². The number of carboxylic acid groups (broad SMARTS) is 1. The Bertz CT molecular complexity index is 748. The van der Waals surface area contributed by atoms with Gasteiger partial charge in [-0.15, -0.1) is 0 Å². The molecule has 2 aromatic rings. The van der Waals surface area contributed by atoms with E-state index in [0.29, 0.717) is 5.56 Å². The van der Waals surface area contributed by atoms with Crippen molar-refractivity contribution in [3.63, 3.8) is 0 Å². The quantitative estimate of drug-likeness (QED) is 0.826. The minimum absolute atomic E-state index is 0.173. The van der Waals surface area contributed by atoms with Gasteiger partial charge in [-0.25, -0.2) is 9.37 Å². The number of hydrogen-bond acceptors (Lipinski definition) is 4. The fourth-order valence-electron chi connectivity index (χ4n) is 1.76. The molecule has 0 atom stereocenters. The molecule has 0 aliphatic rings. The highest BCUT2D eigenvalue weighted by Gasteiger charge is 2.15.